The molecule has 0 bridgehead atoms. The second-order valence-corrected chi connectivity index (χ2v) is 11.2. The Bertz CT molecular complexity index is 1330. The van der Waals surface area contributed by atoms with Crippen LogP contribution >= 0.6 is 0 Å². The molecule has 2 atom stereocenters. The number of aliphatic imine (C=N–C) groups is 1. The van der Waals surface area contributed by atoms with E-state index in [0.29, 0.717) is 5.92 Å². The van der Waals surface area contributed by atoms with Crippen molar-refractivity contribution in [2.24, 2.45) is 4.99 Å². The van der Waals surface area contributed by atoms with E-state index < -0.39 is 12.6 Å². The zero-order chi connectivity index (χ0) is 33.2. The number of hydrogen-bond acceptors (Lipinski definition) is 1. The highest BCUT2D eigenvalue weighted by atomic mass is 19.3. The van der Waals surface area contributed by atoms with Crippen molar-refractivity contribution in [1.82, 2.24) is 0 Å². The molecule has 0 aromatic heterocycles. The molecular formula is C39H49F4N. The number of rotatable bonds is 7. The molecule has 0 amide bonds. The number of hydrogen-bond donors (Lipinski definition) is 0. The van der Waals surface area contributed by atoms with Gasteiger partial charge in [-0.2, -0.15) is 0 Å². The van der Waals surface area contributed by atoms with Gasteiger partial charge in [0.05, 0.1) is 0 Å². The van der Waals surface area contributed by atoms with Gasteiger partial charge in [0.2, 0.25) is 0 Å². The average molecular weight is 608 g/mol. The summed E-state index contributed by atoms with van der Waals surface area (Å²) in [7, 11) is 0. The van der Waals surface area contributed by atoms with Crippen molar-refractivity contribution in [3.63, 3.8) is 0 Å². The highest BCUT2D eigenvalue weighted by Gasteiger charge is 2.20. The van der Waals surface area contributed by atoms with Crippen LogP contribution in [0.5, 0.6) is 0 Å². The van der Waals surface area contributed by atoms with Crippen molar-refractivity contribution in [2.75, 3.05) is 0 Å². The smallest absolute Gasteiger partial charge is 0.262 e. The standard InChI is InChI=1S/C14H13F.C12H19N.C9H9F3.C4H8/c1-11(12-5-3-2-4-6-12)13-7-9-14(15)10-8-13;1-5-7-11-9(3)8-10(4)13-12(11)6-2;1-6-2-4-7(5-3-6)8(10)9(11)12;1-4(2)3/h2-11H,1H3;3,5-8H2,1-2,4H3;2-5,8-9H,1H3;1H2,2-3H3. The lowest BCUT2D eigenvalue weighted by Gasteiger charge is -2.19. The van der Waals surface area contributed by atoms with Gasteiger partial charge in [-0.1, -0.05) is 112 Å². The first-order valence-corrected chi connectivity index (χ1v) is 15.2. The minimum atomic E-state index is -2.94. The van der Waals surface area contributed by atoms with Crippen LogP contribution in [-0.2, 0) is 0 Å². The van der Waals surface area contributed by atoms with Crippen LogP contribution in [0.4, 0.5) is 17.6 Å². The van der Waals surface area contributed by atoms with Crippen molar-refractivity contribution in [1.29, 1.82) is 0 Å². The van der Waals surface area contributed by atoms with E-state index in [2.05, 4.69) is 58.0 Å². The van der Waals surface area contributed by atoms with Crippen LogP contribution in [0.3, 0.4) is 0 Å². The lowest BCUT2D eigenvalue weighted by atomic mass is 9.93. The maximum absolute atomic E-state index is 12.8. The maximum Gasteiger partial charge on any atom is 0.273 e. The van der Waals surface area contributed by atoms with E-state index in [4.69, 9.17) is 0 Å². The van der Waals surface area contributed by atoms with Crippen LogP contribution in [0.1, 0.15) is 102 Å². The molecule has 5 heteroatoms. The zero-order valence-corrected chi connectivity index (χ0v) is 27.4. The van der Waals surface area contributed by atoms with Crippen molar-refractivity contribution in [3.05, 3.63) is 143 Å². The summed E-state index contributed by atoms with van der Waals surface area (Å²) in [6.07, 6.45) is -0.770. The topological polar surface area (TPSA) is 12.4 Å². The molecule has 0 saturated heterocycles. The molecule has 1 aliphatic rings. The first-order chi connectivity index (χ1) is 20.8. The Balaban J connectivity index is 0.000000313. The minimum absolute atomic E-state index is 0.0376. The highest BCUT2D eigenvalue weighted by molar-refractivity contribution is 5.87. The molecule has 3 aromatic rings. The molecule has 4 rings (SSSR count). The normalized spacial score (nSPS) is 13.7. The average Bonchev–Trinajstić information content (AvgIpc) is 2.99. The number of benzene rings is 3. The number of halogens is 4. The van der Waals surface area contributed by atoms with E-state index in [-0.39, 0.29) is 11.4 Å². The lowest BCUT2D eigenvalue weighted by molar-refractivity contribution is 0.0495. The van der Waals surface area contributed by atoms with Crippen LogP contribution in [0.2, 0.25) is 0 Å². The van der Waals surface area contributed by atoms with Crippen molar-refractivity contribution >= 4 is 5.71 Å². The predicted molar refractivity (Wildman–Crippen MR) is 181 cm³/mol. The maximum atomic E-state index is 12.8. The van der Waals surface area contributed by atoms with Crippen LogP contribution < -0.4 is 0 Å². The molecule has 44 heavy (non-hydrogen) atoms. The molecule has 0 aliphatic carbocycles. The Morgan fingerprint density at radius 1 is 0.818 bits per heavy atom. The number of aryl methyl sites for hydroxylation is 1. The zero-order valence-electron chi connectivity index (χ0n) is 27.4. The van der Waals surface area contributed by atoms with Crippen LogP contribution in [0.15, 0.2) is 119 Å². The summed E-state index contributed by atoms with van der Waals surface area (Å²) in [6, 6.07) is 22.9. The minimum Gasteiger partial charge on any atom is -0.262 e. The van der Waals surface area contributed by atoms with E-state index in [0.717, 1.165) is 30.4 Å². The van der Waals surface area contributed by atoms with Gasteiger partial charge in [-0.3, -0.25) is 4.99 Å². The van der Waals surface area contributed by atoms with Crippen molar-refractivity contribution in [2.45, 2.75) is 92.7 Å². The van der Waals surface area contributed by atoms with Crippen LogP contribution in [0.25, 0.3) is 0 Å². The van der Waals surface area contributed by atoms with E-state index in [1.54, 1.807) is 12.1 Å². The Kier molecular flexibility index (Phi) is 17.6. The fraction of sp³-hybridized carbons (Fsp3) is 0.359. The fourth-order valence-electron chi connectivity index (χ4n) is 4.40. The molecule has 1 heterocycles. The monoisotopic (exact) mass is 607 g/mol. The van der Waals surface area contributed by atoms with Crippen molar-refractivity contribution in [3.8, 4) is 0 Å². The quantitative estimate of drug-likeness (QED) is 0.187. The third-order valence-corrected chi connectivity index (χ3v) is 6.69. The summed E-state index contributed by atoms with van der Waals surface area (Å²) in [6.45, 7) is 22.0. The number of alkyl halides is 3. The summed E-state index contributed by atoms with van der Waals surface area (Å²) in [4.78, 5) is 4.59. The van der Waals surface area contributed by atoms with Gasteiger partial charge in [-0.25, -0.2) is 17.6 Å². The molecule has 2 unspecified atom stereocenters. The highest BCUT2D eigenvalue weighted by Crippen LogP contribution is 2.29. The SMILES string of the molecule is C=C(C)C.C=C1CC(C)=NC(CC)=C1CCC.CC(c1ccccc1)c1ccc(F)cc1.Cc1ccc(C(F)C(F)F)cc1. The summed E-state index contributed by atoms with van der Waals surface area (Å²) in [5, 5.41) is 0. The van der Waals surface area contributed by atoms with Crippen LogP contribution in [0, 0.1) is 12.7 Å². The molecule has 3 aromatic carbocycles. The van der Waals surface area contributed by atoms with Gasteiger partial charge in [0.1, 0.15) is 5.82 Å². The second kappa shape index (κ2) is 20.3. The van der Waals surface area contributed by atoms with Gasteiger partial charge in [0.25, 0.3) is 6.43 Å². The molecule has 238 valence electrons. The summed E-state index contributed by atoms with van der Waals surface area (Å²) >= 11 is 0. The molecule has 0 saturated carbocycles. The molecule has 1 aliphatic heterocycles. The van der Waals surface area contributed by atoms with E-state index in [1.165, 1.54) is 64.4 Å². The van der Waals surface area contributed by atoms with Gasteiger partial charge in [-0.15, -0.1) is 6.58 Å². The largest absolute Gasteiger partial charge is 0.273 e. The molecule has 0 radical (unpaired) electrons. The second-order valence-electron chi connectivity index (χ2n) is 11.2. The fourth-order valence-corrected chi connectivity index (χ4v) is 4.40. The van der Waals surface area contributed by atoms with E-state index in [1.807, 2.05) is 51.1 Å². The first-order valence-electron chi connectivity index (χ1n) is 15.2. The summed E-state index contributed by atoms with van der Waals surface area (Å²) in [5.74, 6) is 0.130. The van der Waals surface area contributed by atoms with E-state index >= 15 is 0 Å². The van der Waals surface area contributed by atoms with Crippen molar-refractivity contribution < 1.29 is 17.6 Å². The van der Waals surface area contributed by atoms with Gasteiger partial charge in [-0.05, 0) is 80.5 Å². The van der Waals surface area contributed by atoms with E-state index in [9.17, 15) is 17.6 Å². The number of allylic oxidation sites excluding steroid dienone is 4. The first kappa shape index (κ1) is 38.3. The van der Waals surface area contributed by atoms with Crippen LogP contribution in [-0.4, -0.2) is 12.1 Å². The molecule has 1 nitrogen and oxygen atoms in total. The Morgan fingerprint density at radius 2 is 1.32 bits per heavy atom. The van der Waals surface area contributed by atoms with Gasteiger partial charge >= 0.3 is 0 Å². The Hall–Kier alpha value is -3.73. The molecular weight excluding hydrogens is 558 g/mol. The summed E-state index contributed by atoms with van der Waals surface area (Å²) < 4.78 is 49.1. The predicted octanol–water partition coefficient (Wildman–Crippen LogP) is 12.7. The Labute approximate surface area is 263 Å². The lowest BCUT2D eigenvalue weighted by Crippen LogP contribution is -2.06. The number of nitrogens with zero attached hydrogens (tertiary/aromatic N) is 1. The van der Waals surface area contributed by atoms with Gasteiger partial charge in [0.15, 0.2) is 6.17 Å². The Morgan fingerprint density at radius 3 is 1.80 bits per heavy atom. The summed E-state index contributed by atoms with van der Waals surface area (Å²) in [5.41, 5.74) is 9.70. The molecule has 0 fully saturated rings. The van der Waals surface area contributed by atoms with Gasteiger partial charge in [0, 0.05) is 23.7 Å². The van der Waals surface area contributed by atoms with Gasteiger partial charge < -0.3 is 0 Å². The molecule has 0 spiro atoms. The third kappa shape index (κ3) is 14.2. The molecule has 0 N–H and O–H groups in total. The third-order valence-electron chi connectivity index (χ3n) is 6.69.